The van der Waals surface area contributed by atoms with Crippen molar-refractivity contribution in [3.63, 3.8) is 0 Å². The number of carbonyl (C=O) groups is 3. The molecule has 1 aliphatic heterocycles. The highest BCUT2D eigenvalue weighted by molar-refractivity contribution is 5.85. The fourth-order valence-corrected chi connectivity index (χ4v) is 3.57. The molecule has 1 heterocycles. The first kappa shape index (κ1) is 27.5. The number of hydrogen-bond donors (Lipinski definition) is 2. The van der Waals surface area contributed by atoms with Gasteiger partial charge >= 0.3 is 5.97 Å². The minimum atomic E-state index is -1.12. The normalized spacial score (nSPS) is 18.3. The van der Waals surface area contributed by atoms with E-state index < -0.39 is 12.0 Å². The summed E-state index contributed by atoms with van der Waals surface area (Å²) in [6.45, 7) is 12.5. The van der Waals surface area contributed by atoms with Crippen molar-refractivity contribution in [3.05, 3.63) is 0 Å². The zero-order valence-electron chi connectivity index (χ0n) is 19.7. The second kappa shape index (κ2) is 15.3. The van der Waals surface area contributed by atoms with Crippen molar-refractivity contribution in [2.45, 2.75) is 78.3 Å². The molecule has 1 amide bonds. The first-order valence-corrected chi connectivity index (χ1v) is 11.6. The van der Waals surface area contributed by atoms with E-state index in [-0.39, 0.29) is 30.4 Å². The molecule has 8 nitrogen and oxygen atoms in total. The molecule has 0 aromatic rings. The molecule has 1 rings (SSSR count). The van der Waals surface area contributed by atoms with Gasteiger partial charge in [0.05, 0.1) is 19.8 Å². The molecule has 0 aliphatic carbocycles. The topological polar surface area (TPSA) is 105 Å². The van der Waals surface area contributed by atoms with Gasteiger partial charge in [-0.3, -0.25) is 9.59 Å². The molecule has 2 atom stereocenters. The van der Waals surface area contributed by atoms with Crippen LogP contribution in [-0.4, -0.2) is 79.3 Å². The van der Waals surface area contributed by atoms with Gasteiger partial charge in [-0.25, -0.2) is 4.79 Å². The zero-order valence-corrected chi connectivity index (χ0v) is 19.7. The molecule has 0 saturated carbocycles. The van der Waals surface area contributed by atoms with Gasteiger partial charge in [0, 0.05) is 38.0 Å². The number of nitrogens with zero attached hydrogens (tertiary/aromatic N) is 1. The van der Waals surface area contributed by atoms with Crippen LogP contribution < -0.4 is 5.32 Å². The number of likely N-dealkylation sites (tertiary alicyclic amines) is 1. The Morgan fingerprint density at radius 1 is 1.06 bits per heavy atom. The first-order chi connectivity index (χ1) is 14.7. The lowest BCUT2D eigenvalue weighted by Gasteiger charge is -2.35. The lowest BCUT2D eigenvalue weighted by Crippen LogP contribution is -2.42. The van der Waals surface area contributed by atoms with Crippen molar-refractivity contribution in [1.82, 2.24) is 10.2 Å². The molecular weight excluding hydrogens is 400 g/mol. The van der Waals surface area contributed by atoms with Gasteiger partial charge in [-0.05, 0) is 52.0 Å². The Labute approximate surface area is 187 Å². The SMILES string of the molecule is CC(C)C(=O)NC(CCC(=O)CCCOCCOCC1CCCN(C(C)C)C1)C(=O)O. The number of carbonyl (C=O) groups excluding carboxylic acids is 2. The number of amides is 1. The Morgan fingerprint density at radius 3 is 2.42 bits per heavy atom. The van der Waals surface area contributed by atoms with E-state index in [1.165, 1.54) is 19.4 Å². The Morgan fingerprint density at radius 2 is 1.77 bits per heavy atom. The number of piperidine rings is 1. The number of rotatable bonds is 16. The van der Waals surface area contributed by atoms with Crippen LogP contribution in [0.5, 0.6) is 0 Å². The van der Waals surface area contributed by atoms with Crippen molar-refractivity contribution in [2.75, 3.05) is 39.5 Å². The molecule has 31 heavy (non-hydrogen) atoms. The Balaban J connectivity index is 2.05. The maximum Gasteiger partial charge on any atom is 0.326 e. The number of carboxylic acids is 1. The molecule has 1 fully saturated rings. The maximum absolute atomic E-state index is 12.0. The van der Waals surface area contributed by atoms with Gasteiger partial charge in [0.1, 0.15) is 11.8 Å². The average molecular weight is 443 g/mol. The third kappa shape index (κ3) is 12.2. The molecule has 180 valence electrons. The highest BCUT2D eigenvalue weighted by Gasteiger charge is 2.22. The summed E-state index contributed by atoms with van der Waals surface area (Å²) in [5.41, 5.74) is 0. The van der Waals surface area contributed by atoms with Crippen LogP contribution in [0.2, 0.25) is 0 Å². The van der Waals surface area contributed by atoms with Crippen molar-refractivity contribution in [2.24, 2.45) is 11.8 Å². The summed E-state index contributed by atoms with van der Waals surface area (Å²) in [7, 11) is 0. The van der Waals surface area contributed by atoms with Gasteiger partial charge in [0.15, 0.2) is 0 Å². The van der Waals surface area contributed by atoms with Crippen molar-refractivity contribution in [1.29, 1.82) is 0 Å². The van der Waals surface area contributed by atoms with Gasteiger partial charge < -0.3 is 24.8 Å². The van der Waals surface area contributed by atoms with Crippen molar-refractivity contribution < 1.29 is 29.0 Å². The van der Waals surface area contributed by atoms with E-state index in [9.17, 15) is 19.5 Å². The van der Waals surface area contributed by atoms with Crippen molar-refractivity contribution >= 4 is 17.7 Å². The lowest BCUT2D eigenvalue weighted by molar-refractivity contribution is -0.142. The fourth-order valence-electron chi connectivity index (χ4n) is 3.57. The molecule has 0 aromatic heterocycles. The predicted octanol–water partition coefficient (Wildman–Crippen LogP) is 2.49. The number of ether oxygens (including phenoxy) is 2. The van der Waals surface area contributed by atoms with E-state index in [0.717, 1.165) is 13.2 Å². The van der Waals surface area contributed by atoms with Crippen LogP contribution in [0.4, 0.5) is 0 Å². The third-order valence-electron chi connectivity index (χ3n) is 5.60. The molecule has 0 bridgehead atoms. The van der Waals surface area contributed by atoms with E-state index in [4.69, 9.17) is 9.47 Å². The van der Waals surface area contributed by atoms with Crippen LogP contribution >= 0.6 is 0 Å². The maximum atomic E-state index is 12.0. The smallest absolute Gasteiger partial charge is 0.326 e. The fraction of sp³-hybridized carbons (Fsp3) is 0.870. The number of aliphatic carboxylic acids is 1. The van der Waals surface area contributed by atoms with Gasteiger partial charge in [-0.2, -0.15) is 0 Å². The van der Waals surface area contributed by atoms with E-state index in [0.29, 0.717) is 44.6 Å². The summed E-state index contributed by atoms with van der Waals surface area (Å²) in [5, 5.41) is 11.7. The van der Waals surface area contributed by atoms with Gasteiger partial charge in [-0.15, -0.1) is 0 Å². The summed E-state index contributed by atoms with van der Waals surface area (Å²) in [6, 6.07) is -0.438. The van der Waals surface area contributed by atoms with Crippen LogP contribution in [0.1, 0.15) is 66.2 Å². The molecule has 0 aromatic carbocycles. The molecule has 1 saturated heterocycles. The molecule has 0 radical (unpaired) electrons. The second-order valence-corrected chi connectivity index (χ2v) is 9.02. The molecule has 1 aliphatic rings. The molecule has 2 N–H and O–H groups in total. The Bertz CT molecular complexity index is 552. The minimum Gasteiger partial charge on any atom is -0.480 e. The number of Topliss-reactive ketones (excluding diaryl/α,β-unsaturated/α-hetero) is 1. The van der Waals surface area contributed by atoms with Crippen LogP contribution in [0.15, 0.2) is 0 Å². The van der Waals surface area contributed by atoms with E-state index in [1.807, 2.05) is 0 Å². The number of nitrogens with one attached hydrogen (secondary N) is 1. The third-order valence-corrected chi connectivity index (χ3v) is 5.60. The summed E-state index contributed by atoms with van der Waals surface area (Å²) in [4.78, 5) is 37.4. The predicted molar refractivity (Wildman–Crippen MR) is 119 cm³/mol. The largest absolute Gasteiger partial charge is 0.480 e. The highest BCUT2D eigenvalue weighted by atomic mass is 16.5. The van der Waals surface area contributed by atoms with Crippen LogP contribution in [0.25, 0.3) is 0 Å². The Kier molecular flexibility index (Phi) is 13.6. The van der Waals surface area contributed by atoms with E-state index in [1.54, 1.807) is 13.8 Å². The quantitative estimate of drug-likeness (QED) is 0.354. The molecular formula is C23H42N2O6. The standard InChI is InChI=1S/C23H42N2O6/c1-17(2)22(27)24-21(23(28)29)10-9-20(26)8-6-12-30-13-14-31-16-19-7-5-11-25(15-19)18(3)4/h17-19,21H,5-16H2,1-4H3,(H,24,27)(H,28,29). The second-order valence-electron chi connectivity index (χ2n) is 9.02. The van der Waals surface area contributed by atoms with Crippen LogP contribution in [0, 0.1) is 11.8 Å². The van der Waals surface area contributed by atoms with Gasteiger partial charge in [-0.1, -0.05) is 13.8 Å². The number of carboxylic acid groups (broad SMARTS) is 1. The van der Waals surface area contributed by atoms with Crippen LogP contribution in [0.3, 0.4) is 0 Å². The van der Waals surface area contributed by atoms with Crippen LogP contribution in [-0.2, 0) is 23.9 Å². The van der Waals surface area contributed by atoms with Crippen molar-refractivity contribution in [3.8, 4) is 0 Å². The van der Waals surface area contributed by atoms with E-state index in [2.05, 4.69) is 24.1 Å². The Hall–Kier alpha value is -1.51. The number of ketones is 1. The summed E-state index contributed by atoms with van der Waals surface area (Å²) >= 11 is 0. The van der Waals surface area contributed by atoms with Gasteiger partial charge in [0.2, 0.25) is 5.91 Å². The van der Waals surface area contributed by atoms with Gasteiger partial charge in [0.25, 0.3) is 0 Å². The zero-order chi connectivity index (χ0) is 23.2. The number of hydrogen-bond acceptors (Lipinski definition) is 6. The summed E-state index contributed by atoms with van der Waals surface area (Å²) < 4.78 is 11.3. The molecule has 2 unspecified atom stereocenters. The molecule has 0 spiro atoms. The van der Waals surface area contributed by atoms with E-state index >= 15 is 0 Å². The monoisotopic (exact) mass is 442 g/mol. The lowest BCUT2D eigenvalue weighted by atomic mass is 9.98. The first-order valence-electron chi connectivity index (χ1n) is 11.6. The summed E-state index contributed by atoms with van der Waals surface area (Å²) in [5.74, 6) is -1.16. The molecule has 8 heteroatoms. The highest BCUT2D eigenvalue weighted by Crippen LogP contribution is 2.18. The average Bonchev–Trinajstić information content (AvgIpc) is 2.72. The summed E-state index contributed by atoms with van der Waals surface area (Å²) in [6.07, 6.45) is 3.63. The minimum absolute atomic E-state index is 0.0168.